The van der Waals surface area contributed by atoms with Gasteiger partial charge in [-0.3, -0.25) is 27.2 Å². The van der Waals surface area contributed by atoms with Gasteiger partial charge in [-0.25, -0.2) is 43.4 Å². The molecule has 44 heavy (non-hydrogen) atoms. The van der Waals surface area contributed by atoms with E-state index in [9.17, 15) is 19.1 Å². The zero-order valence-corrected chi connectivity index (χ0v) is 24.6. The van der Waals surface area contributed by atoms with Crippen molar-refractivity contribution in [2.75, 3.05) is 24.7 Å². The van der Waals surface area contributed by atoms with Crippen LogP contribution in [-0.4, -0.2) is 98.9 Å². The number of rotatable bonds is 2. The number of thiol groups is 1. The number of halogens is 1. The fourth-order valence-corrected chi connectivity index (χ4v) is 7.65. The second kappa shape index (κ2) is 10.9. The van der Waals surface area contributed by atoms with E-state index in [1.54, 1.807) is 0 Å². The van der Waals surface area contributed by atoms with Crippen LogP contribution in [0.2, 0.25) is 0 Å². The molecule has 0 spiro atoms. The Hall–Kier alpha value is -2.88. The topological polar surface area (TPSA) is 269 Å². The molecule has 7 rings (SSSR count). The van der Waals surface area contributed by atoms with Gasteiger partial charge in [0.15, 0.2) is 41.6 Å². The molecule has 0 aliphatic carbocycles. The number of hydrogen-bond acceptors (Lipinski definition) is 17. The minimum Gasteiger partial charge on any atom is -0.386 e. The molecular weight excluding hydrogens is 653 g/mol. The summed E-state index contributed by atoms with van der Waals surface area (Å²) in [6.07, 6.45) is -7.71. The molecule has 20 nitrogen and oxygen atoms in total. The zero-order chi connectivity index (χ0) is 31.0. The van der Waals surface area contributed by atoms with E-state index < -0.39 is 77.0 Å². The lowest BCUT2D eigenvalue weighted by molar-refractivity contribution is -0.0614. The Bertz CT molecular complexity index is 1700. The van der Waals surface area contributed by atoms with Gasteiger partial charge in [0.05, 0.1) is 25.9 Å². The van der Waals surface area contributed by atoms with Crippen LogP contribution in [-0.2, 0) is 36.7 Å². The second-order valence-electron chi connectivity index (χ2n) is 9.90. The van der Waals surface area contributed by atoms with Crippen molar-refractivity contribution < 1.29 is 51.1 Å². The van der Waals surface area contributed by atoms with Gasteiger partial charge in [-0.05, 0) is 0 Å². The molecule has 3 fully saturated rings. The monoisotopic (exact) mass is 676 g/mol. The molecule has 0 aromatic carbocycles. The van der Waals surface area contributed by atoms with E-state index in [2.05, 4.69) is 42.2 Å². The molecule has 7 heterocycles. The summed E-state index contributed by atoms with van der Waals surface area (Å²) in [6.45, 7) is -5.78. The Morgan fingerprint density at radius 3 is 2.02 bits per heavy atom. The summed E-state index contributed by atoms with van der Waals surface area (Å²) < 4.78 is 77.8. The SMILES string of the molecule is Nc1ncnc2c1ncn2[C@@H]1OC2COP(=O)(O)O[C@@H]3C(CO[P@](=O)(S)O[C@H]2[C@H]1O)O[C@@H](n1cnc2c(N)ncnc21)[C@@H]3F. The smallest absolute Gasteiger partial charge is 0.386 e. The molecule has 0 bridgehead atoms. The van der Waals surface area contributed by atoms with Crippen LogP contribution in [0.3, 0.4) is 0 Å². The van der Waals surface area contributed by atoms with Crippen LogP contribution < -0.4 is 11.5 Å². The molecule has 3 aliphatic heterocycles. The highest BCUT2D eigenvalue weighted by atomic mass is 32.7. The lowest BCUT2D eigenvalue weighted by Crippen LogP contribution is -2.38. The van der Waals surface area contributed by atoms with E-state index in [1.807, 2.05) is 0 Å². The molecular formula is C20H23FN10O10P2S. The summed E-state index contributed by atoms with van der Waals surface area (Å²) in [5, 5.41) is 11.2. The molecule has 0 saturated carbocycles. The number of alkyl halides is 1. The highest BCUT2D eigenvalue weighted by Crippen LogP contribution is 2.58. The standard InChI is InChI=1S/C20H23FN10O10P2S/c21-9-13-7(38-19(9)30-5-28-10-15(22)24-3-26-17(10)30)2-37-43(35,44)41-14-8(1-36-42(33,34)40-13)39-20(12(14)32)31-6-29-11-16(23)25-4-27-18(11)31/h3-9,12-14,19-20,32H,1-2H2,(H,33,34)(H,35,44)(H2,22,24,26)(H2,23,25,27)/t7?,8?,9-,12-,13-,14-,19-,20-,43+/m1/s1. The number of nitrogens with two attached hydrogens (primary N) is 2. The predicted molar refractivity (Wildman–Crippen MR) is 146 cm³/mol. The summed E-state index contributed by atoms with van der Waals surface area (Å²) in [7, 11) is -5.04. The van der Waals surface area contributed by atoms with Gasteiger partial charge in [-0.15, -0.1) is 0 Å². The third-order valence-electron chi connectivity index (χ3n) is 7.21. The van der Waals surface area contributed by atoms with E-state index in [4.69, 9.17) is 39.0 Å². The average molecular weight is 676 g/mol. The molecule has 4 aromatic heterocycles. The Morgan fingerprint density at radius 1 is 0.841 bits per heavy atom. The second-order valence-corrected chi connectivity index (χ2v) is 14.2. The number of aromatic nitrogens is 8. The highest BCUT2D eigenvalue weighted by Gasteiger charge is 2.54. The maximum absolute atomic E-state index is 15.9. The van der Waals surface area contributed by atoms with Crippen molar-refractivity contribution in [3.63, 3.8) is 0 Å². The number of aliphatic hydroxyl groups excluding tert-OH is 1. The van der Waals surface area contributed by atoms with Crippen LogP contribution in [0.15, 0.2) is 25.3 Å². The van der Waals surface area contributed by atoms with Gasteiger partial charge in [-0.2, -0.15) is 0 Å². The molecule has 3 aliphatic rings. The van der Waals surface area contributed by atoms with Gasteiger partial charge in [0, 0.05) is 0 Å². The van der Waals surface area contributed by atoms with E-state index >= 15 is 4.39 Å². The van der Waals surface area contributed by atoms with Crippen LogP contribution >= 0.6 is 26.9 Å². The summed E-state index contributed by atoms with van der Waals surface area (Å²) in [6, 6.07) is 0. The summed E-state index contributed by atoms with van der Waals surface area (Å²) in [4.78, 5) is 34.6. The van der Waals surface area contributed by atoms with Crippen LogP contribution in [0.1, 0.15) is 12.5 Å². The number of nitrogens with zero attached hydrogens (tertiary/aromatic N) is 8. The Kier molecular flexibility index (Phi) is 7.37. The third-order valence-corrected chi connectivity index (χ3v) is 9.81. The fraction of sp³-hybridized carbons (Fsp3) is 0.500. The number of aliphatic hydroxyl groups is 1. The van der Waals surface area contributed by atoms with Crippen molar-refractivity contribution >= 4 is 60.8 Å². The van der Waals surface area contributed by atoms with Gasteiger partial charge in [0.25, 0.3) is 0 Å². The average Bonchev–Trinajstić information content (AvgIpc) is 3.73. The first-order valence-corrected chi connectivity index (χ1v) is 16.9. The predicted octanol–water partition coefficient (Wildman–Crippen LogP) is 0.280. The van der Waals surface area contributed by atoms with Gasteiger partial charge < -0.3 is 30.9 Å². The fourth-order valence-electron chi connectivity index (χ4n) is 5.21. The number of phosphoric acid groups is 1. The number of imidazole rings is 2. The van der Waals surface area contributed by atoms with E-state index in [-0.39, 0.29) is 34.0 Å². The van der Waals surface area contributed by atoms with Gasteiger partial charge in [-0.1, -0.05) is 12.2 Å². The van der Waals surface area contributed by atoms with Crippen molar-refractivity contribution in [2.45, 2.75) is 49.1 Å². The maximum atomic E-state index is 15.9. The van der Waals surface area contributed by atoms with Gasteiger partial charge in [0.2, 0.25) is 0 Å². The number of fused-ring (bicyclic) bond motifs is 4. The van der Waals surface area contributed by atoms with Crippen molar-refractivity contribution in [1.29, 1.82) is 0 Å². The number of nitrogen functional groups attached to an aromatic ring is 2. The van der Waals surface area contributed by atoms with E-state index in [0.29, 0.717) is 0 Å². The van der Waals surface area contributed by atoms with E-state index in [1.165, 1.54) is 28.1 Å². The summed E-state index contributed by atoms with van der Waals surface area (Å²) in [5.74, 6) is 0.101. The van der Waals surface area contributed by atoms with Crippen LogP contribution in [0.25, 0.3) is 22.3 Å². The van der Waals surface area contributed by atoms with Gasteiger partial charge >= 0.3 is 14.6 Å². The Morgan fingerprint density at radius 2 is 1.39 bits per heavy atom. The van der Waals surface area contributed by atoms with Crippen LogP contribution in [0.5, 0.6) is 0 Å². The number of ether oxygens (including phenoxy) is 2. The lowest BCUT2D eigenvalue weighted by Gasteiger charge is -2.28. The first-order valence-electron chi connectivity index (χ1n) is 12.7. The van der Waals surface area contributed by atoms with E-state index in [0.717, 1.165) is 6.33 Å². The molecule has 4 aromatic rings. The summed E-state index contributed by atoms with van der Waals surface area (Å²) in [5.41, 5.74) is 12.3. The lowest BCUT2D eigenvalue weighted by atomic mass is 10.1. The molecule has 3 saturated heterocycles. The maximum Gasteiger partial charge on any atom is 0.472 e. The van der Waals surface area contributed by atoms with Crippen molar-refractivity contribution in [3.05, 3.63) is 25.3 Å². The number of anilines is 2. The Labute approximate surface area is 250 Å². The summed E-state index contributed by atoms with van der Waals surface area (Å²) >= 11 is 4.01. The minimum absolute atomic E-state index is 0.0328. The van der Waals surface area contributed by atoms with Crippen LogP contribution in [0, 0.1) is 0 Å². The van der Waals surface area contributed by atoms with Crippen molar-refractivity contribution in [1.82, 2.24) is 39.0 Å². The van der Waals surface area contributed by atoms with Gasteiger partial charge in [0.1, 0.15) is 54.2 Å². The largest absolute Gasteiger partial charge is 0.472 e. The first kappa shape index (κ1) is 29.8. The molecule has 0 amide bonds. The minimum atomic E-state index is -5.04. The molecule has 236 valence electrons. The molecule has 3 unspecified atom stereocenters. The molecule has 0 radical (unpaired) electrons. The number of phosphoric ester groups is 1. The zero-order valence-electron chi connectivity index (χ0n) is 22.0. The van der Waals surface area contributed by atoms with Crippen molar-refractivity contribution in [2.24, 2.45) is 0 Å². The normalized spacial score (nSPS) is 38.3. The third kappa shape index (κ3) is 5.14. The molecule has 10 atom stereocenters. The molecule has 24 heteroatoms. The van der Waals surface area contributed by atoms with Crippen molar-refractivity contribution in [3.8, 4) is 0 Å². The quantitative estimate of drug-likeness (QED) is 0.141. The first-order chi connectivity index (χ1) is 20.9. The van der Waals surface area contributed by atoms with Crippen LogP contribution in [0.4, 0.5) is 16.0 Å². The highest BCUT2D eigenvalue weighted by molar-refractivity contribution is 8.44. The molecule has 6 N–H and O–H groups in total. The number of hydrogen-bond donors (Lipinski definition) is 5. The Balaban J connectivity index is 1.17.